The zero-order valence-corrected chi connectivity index (χ0v) is 8.50. The molecule has 0 amide bonds. The average molecular weight is 210 g/mol. The Bertz CT molecular complexity index is 329. The third kappa shape index (κ3) is 2.55. The predicted molar refractivity (Wildman–Crippen MR) is 53.7 cm³/mol. The second-order valence-corrected chi connectivity index (χ2v) is 3.36. The van der Waals surface area contributed by atoms with Gasteiger partial charge < -0.3 is 4.74 Å². The second-order valence-electron chi connectivity index (χ2n) is 2.44. The highest BCUT2D eigenvalue weighted by atomic mass is 32.1. The van der Waals surface area contributed by atoms with Crippen LogP contribution in [-0.2, 0) is 9.53 Å². The van der Waals surface area contributed by atoms with Crippen molar-refractivity contribution in [2.24, 2.45) is 0 Å². The maximum absolute atomic E-state index is 11.3. The van der Waals surface area contributed by atoms with Gasteiger partial charge >= 0.3 is 5.97 Å². The first-order valence-corrected chi connectivity index (χ1v) is 4.80. The van der Waals surface area contributed by atoms with Crippen molar-refractivity contribution < 1.29 is 9.53 Å². The van der Waals surface area contributed by atoms with Crippen molar-refractivity contribution in [3.8, 4) is 12.3 Å². The number of aromatic nitrogens is 1. The first-order valence-electron chi connectivity index (χ1n) is 3.92. The Kier molecular flexibility index (Phi) is 4.11. The lowest BCUT2D eigenvalue weighted by atomic mass is 10.2. The topological polar surface area (TPSA) is 51.2 Å². The molecule has 1 aromatic rings. The molecule has 0 bridgehead atoms. The summed E-state index contributed by atoms with van der Waals surface area (Å²) in [6, 6.07) is -0.511. The van der Waals surface area contributed by atoms with Crippen LogP contribution in [0.25, 0.3) is 0 Å². The fourth-order valence-electron chi connectivity index (χ4n) is 0.947. The predicted octanol–water partition coefficient (Wildman–Crippen LogP) is 0.580. The molecule has 1 heterocycles. The third-order valence-corrected chi connectivity index (χ3v) is 2.42. The van der Waals surface area contributed by atoms with Gasteiger partial charge in [0, 0.05) is 6.20 Å². The Morgan fingerprint density at radius 1 is 1.93 bits per heavy atom. The Morgan fingerprint density at radius 3 is 3.21 bits per heavy atom. The quantitative estimate of drug-likeness (QED) is 0.583. The van der Waals surface area contributed by atoms with Crippen LogP contribution in [0.3, 0.4) is 0 Å². The number of methoxy groups -OCH3 is 1. The Labute approximate surface area is 86.3 Å². The maximum Gasteiger partial charge on any atom is 0.328 e. The number of nitrogens with one attached hydrogen (secondary N) is 1. The lowest BCUT2D eigenvalue weighted by molar-refractivity contribution is -0.143. The first kappa shape index (κ1) is 10.7. The molecule has 0 aromatic carbocycles. The van der Waals surface area contributed by atoms with Crippen molar-refractivity contribution >= 4 is 17.3 Å². The lowest BCUT2D eigenvalue weighted by Gasteiger charge is -2.12. The van der Waals surface area contributed by atoms with Gasteiger partial charge in [-0.3, -0.25) is 10.3 Å². The molecule has 1 atom stereocenters. The molecule has 14 heavy (non-hydrogen) atoms. The summed E-state index contributed by atoms with van der Waals surface area (Å²) in [4.78, 5) is 16.0. The van der Waals surface area contributed by atoms with Crippen LogP contribution in [0.5, 0.6) is 0 Å². The minimum Gasteiger partial charge on any atom is -0.468 e. The van der Waals surface area contributed by atoms with Crippen LogP contribution in [0.4, 0.5) is 0 Å². The highest BCUT2D eigenvalue weighted by molar-refractivity contribution is 7.09. The highest BCUT2D eigenvalue weighted by Gasteiger charge is 2.21. The molecule has 74 valence electrons. The molecule has 0 aliphatic rings. The first-order chi connectivity index (χ1) is 6.79. The number of thiazole rings is 1. The molecule has 1 rings (SSSR count). The largest absolute Gasteiger partial charge is 0.468 e. The fraction of sp³-hybridized carbons (Fsp3) is 0.333. The summed E-state index contributed by atoms with van der Waals surface area (Å²) in [6.45, 7) is 0.317. The molecule has 0 radical (unpaired) electrons. The van der Waals surface area contributed by atoms with Gasteiger partial charge in [0.05, 0.1) is 24.0 Å². The number of nitrogens with zero attached hydrogens (tertiary/aromatic N) is 1. The summed E-state index contributed by atoms with van der Waals surface area (Å²) in [5.41, 5.74) is 1.66. The van der Waals surface area contributed by atoms with Gasteiger partial charge in [0.1, 0.15) is 6.04 Å². The van der Waals surface area contributed by atoms with Gasteiger partial charge in [-0.2, -0.15) is 0 Å². The molecule has 5 heteroatoms. The van der Waals surface area contributed by atoms with Crippen LogP contribution >= 0.6 is 11.3 Å². The summed E-state index contributed by atoms with van der Waals surface area (Å²) in [7, 11) is 1.34. The Morgan fingerprint density at radius 2 is 2.71 bits per heavy atom. The van der Waals surface area contributed by atoms with E-state index in [2.05, 4.69) is 21.0 Å². The zero-order valence-electron chi connectivity index (χ0n) is 7.69. The van der Waals surface area contributed by atoms with E-state index in [0.717, 1.165) is 4.88 Å². The van der Waals surface area contributed by atoms with Crippen LogP contribution in [-0.4, -0.2) is 24.6 Å². The van der Waals surface area contributed by atoms with E-state index in [0.29, 0.717) is 6.54 Å². The molecule has 4 nitrogen and oxygen atoms in total. The molecule has 0 saturated heterocycles. The van der Waals surface area contributed by atoms with E-state index in [-0.39, 0.29) is 5.97 Å². The van der Waals surface area contributed by atoms with Crippen molar-refractivity contribution in [3.63, 3.8) is 0 Å². The molecule has 0 aliphatic heterocycles. The number of carbonyl (C=O) groups is 1. The Hall–Kier alpha value is -1.38. The van der Waals surface area contributed by atoms with Gasteiger partial charge in [-0.25, -0.2) is 4.79 Å². The number of rotatable bonds is 4. The Balaban J connectivity index is 2.73. The molecule has 1 aromatic heterocycles. The summed E-state index contributed by atoms with van der Waals surface area (Å²) >= 11 is 1.38. The van der Waals surface area contributed by atoms with Gasteiger partial charge in [-0.1, -0.05) is 5.92 Å². The molecule has 0 saturated carbocycles. The van der Waals surface area contributed by atoms with Gasteiger partial charge in [0.15, 0.2) is 0 Å². The van der Waals surface area contributed by atoms with Gasteiger partial charge in [0.25, 0.3) is 0 Å². The normalized spacial score (nSPS) is 11.7. The van der Waals surface area contributed by atoms with E-state index in [1.54, 1.807) is 11.7 Å². The smallest absolute Gasteiger partial charge is 0.328 e. The van der Waals surface area contributed by atoms with E-state index in [4.69, 9.17) is 6.42 Å². The van der Waals surface area contributed by atoms with Crippen LogP contribution in [0.15, 0.2) is 11.7 Å². The summed E-state index contributed by atoms with van der Waals surface area (Å²) in [5.74, 6) is 2.05. The van der Waals surface area contributed by atoms with Crippen molar-refractivity contribution in [1.29, 1.82) is 0 Å². The minimum atomic E-state index is -0.511. The van der Waals surface area contributed by atoms with Crippen molar-refractivity contribution in [1.82, 2.24) is 10.3 Å². The second kappa shape index (κ2) is 5.37. The molecule has 0 fully saturated rings. The van der Waals surface area contributed by atoms with E-state index >= 15 is 0 Å². The van der Waals surface area contributed by atoms with Gasteiger partial charge in [-0.15, -0.1) is 17.8 Å². The van der Waals surface area contributed by atoms with E-state index < -0.39 is 6.04 Å². The summed E-state index contributed by atoms with van der Waals surface area (Å²) in [6.07, 6.45) is 6.72. The lowest BCUT2D eigenvalue weighted by Crippen LogP contribution is -2.29. The van der Waals surface area contributed by atoms with Crippen molar-refractivity contribution in [2.45, 2.75) is 6.04 Å². The monoisotopic (exact) mass is 210 g/mol. The van der Waals surface area contributed by atoms with Crippen LogP contribution < -0.4 is 5.32 Å². The van der Waals surface area contributed by atoms with Crippen LogP contribution in [0, 0.1) is 12.3 Å². The molecular weight excluding hydrogens is 200 g/mol. The zero-order chi connectivity index (χ0) is 10.4. The number of carbonyl (C=O) groups excluding carboxylic acids is 1. The maximum atomic E-state index is 11.3. The summed E-state index contributed by atoms with van der Waals surface area (Å²) < 4.78 is 4.64. The summed E-state index contributed by atoms with van der Waals surface area (Å²) in [5, 5.41) is 2.88. The average Bonchev–Trinajstić information content (AvgIpc) is 2.71. The van der Waals surface area contributed by atoms with Crippen molar-refractivity contribution in [2.75, 3.05) is 13.7 Å². The fourth-order valence-corrected chi connectivity index (χ4v) is 1.63. The molecule has 1 unspecified atom stereocenters. The number of hydrogen-bond acceptors (Lipinski definition) is 5. The highest BCUT2D eigenvalue weighted by Crippen LogP contribution is 2.17. The number of esters is 1. The standard InChI is InChI=1S/C9H10N2O2S/c1-3-4-11-8(9(12)13-2)7-5-10-6-14-7/h1,5-6,8,11H,4H2,2H3. The van der Waals surface area contributed by atoms with Gasteiger partial charge in [-0.05, 0) is 0 Å². The van der Waals surface area contributed by atoms with Crippen molar-refractivity contribution in [3.05, 3.63) is 16.6 Å². The number of ether oxygens (including phenoxy) is 1. The third-order valence-electron chi connectivity index (χ3n) is 1.58. The minimum absolute atomic E-state index is 0.317. The van der Waals surface area contributed by atoms with Crippen LogP contribution in [0.2, 0.25) is 0 Å². The van der Waals surface area contributed by atoms with E-state index in [1.807, 2.05) is 0 Å². The van der Waals surface area contributed by atoms with Crippen LogP contribution in [0.1, 0.15) is 10.9 Å². The molecule has 0 aliphatic carbocycles. The molecule has 1 N–H and O–H groups in total. The van der Waals surface area contributed by atoms with Gasteiger partial charge in [0.2, 0.25) is 0 Å². The van der Waals surface area contributed by atoms with E-state index in [1.165, 1.54) is 18.4 Å². The SMILES string of the molecule is C#CCNC(C(=O)OC)c1cncs1. The number of hydrogen-bond donors (Lipinski definition) is 1. The molecular formula is C9H10N2O2S. The molecule has 0 spiro atoms. The van der Waals surface area contributed by atoms with E-state index in [9.17, 15) is 4.79 Å². The number of terminal acetylenes is 1.